The molecule has 0 N–H and O–H groups in total. The Morgan fingerprint density at radius 3 is 2.67 bits per heavy atom. The van der Waals surface area contributed by atoms with E-state index in [1.54, 1.807) is 0 Å². The maximum atomic E-state index is 12.4. The fourth-order valence-electron chi connectivity index (χ4n) is 3.72. The summed E-state index contributed by atoms with van der Waals surface area (Å²) in [6, 6.07) is 10.9. The van der Waals surface area contributed by atoms with E-state index in [1.807, 2.05) is 13.0 Å². The van der Waals surface area contributed by atoms with E-state index in [2.05, 4.69) is 48.2 Å². The van der Waals surface area contributed by atoms with Gasteiger partial charge in [0.25, 0.3) is 0 Å². The standard InChI is InChI=1S/C18H23NO2/c1-3-21-18(20)17-15-9-11-16(12-10-15)19(17)13(2)14-7-5-4-6-8-14/h4-9,11,13,15-17H,3,10,12H2,1-2H3/t13-,15-,16-,17+/m0/s1. The largest absolute Gasteiger partial charge is 0.465 e. The lowest BCUT2D eigenvalue weighted by Gasteiger charge is -2.49. The van der Waals surface area contributed by atoms with Crippen LogP contribution in [0.5, 0.6) is 0 Å². The lowest BCUT2D eigenvalue weighted by Crippen LogP contribution is -2.57. The van der Waals surface area contributed by atoms with Gasteiger partial charge in [-0.05, 0) is 32.3 Å². The zero-order chi connectivity index (χ0) is 14.8. The normalized spacial score (nSPS) is 29.3. The molecule has 21 heavy (non-hydrogen) atoms. The molecule has 3 heteroatoms. The molecule has 1 saturated heterocycles. The van der Waals surface area contributed by atoms with Gasteiger partial charge in [-0.3, -0.25) is 9.69 Å². The molecule has 0 unspecified atom stereocenters. The Morgan fingerprint density at radius 2 is 2.05 bits per heavy atom. The highest BCUT2D eigenvalue weighted by Gasteiger charge is 2.45. The molecule has 2 heterocycles. The van der Waals surface area contributed by atoms with Crippen molar-refractivity contribution < 1.29 is 9.53 Å². The van der Waals surface area contributed by atoms with Crippen LogP contribution in [0.25, 0.3) is 0 Å². The summed E-state index contributed by atoms with van der Waals surface area (Å²) in [7, 11) is 0. The molecule has 1 aliphatic carbocycles. The van der Waals surface area contributed by atoms with Gasteiger partial charge in [0.1, 0.15) is 6.04 Å². The number of carbonyl (C=O) groups is 1. The predicted molar refractivity (Wildman–Crippen MR) is 82.8 cm³/mol. The zero-order valence-electron chi connectivity index (χ0n) is 12.7. The van der Waals surface area contributed by atoms with Crippen molar-refractivity contribution in [2.24, 2.45) is 5.92 Å². The summed E-state index contributed by atoms with van der Waals surface area (Å²) < 4.78 is 5.34. The second-order valence-corrected chi connectivity index (χ2v) is 5.92. The fourth-order valence-corrected chi connectivity index (χ4v) is 3.72. The van der Waals surface area contributed by atoms with Crippen molar-refractivity contribution in [2.75, 3.05) is 6.61 Å². The topological polar surface area (TPSA) is 29.5 Å². The number of hydrogen-bond acceptors (Lipinski definition) is 3. The van der Waals surface area contributed by atoms with Gasteiger partial charge in [-0.1, -0.05) is 42.5 Å². The molecule has 1 fully saturated rings. The minimum Gasteiger partial charge on any atom is -0.465 e. The molecule has 4 rings (SSSR count). The van der Waals surface area contributed by atoms with Crippen LogP contribution in [0.2, 0.25) is 0 Å². The molecule has 2 aliphatic heterocycles. The molecule has 0 spiro atoms. The Balaban J connectivity index is 1.90. The predicted octanol–water partition coefficient (Wildman–Crippen LogP) is 3.33. The highest BCUT2D eigenvalue weighted by molar-refractivity contribution is 5.77. The van der Waals surface area contributed by atoms with Gasteiger partial charge in [-0.2, -0.15) is 0 Å². The third-order valence-corrected chi connectivity index (χ3v) is 4.74. The minimum atomic E-state index is -0.135. The number of esters is 1. The van der Waals surface area contributed by atoms with Gasteiger partial charge in [0.15, 0.2) is 0 Å². The minimum absolute atomic E-state index is 0.0701. The number of rotatable bonds is 4. The van der Waals surface area contributed by atoms with Crippen LogP contribution in [0, 0.1) is 5.92 Å². The number of piperidine rings is 1. The smallest absolute Gasteiger partial charge is 0.323 e. The van der Waals surface area contributed by atoms with Crippen molar-refractivity contribution in [3.05, 3.63) is 48.0 Å². The van der Waals surface area contributed by atoms with Gasteiger partial charge >= 0.3 is 5.97 Å². The first-order chi connectivity index (χ1) is 10.2. The van der Waals surface area contributed by atoms with E-state index in [-0.39, 0.29) is 18.1 Å². The van der Waals surface area contributed by atoms with Crippen LogP contribution in [0.4, 0.5) is 0 Å². The van der Waals surface area contributed by atoms with Crippen LogP contribution >= 0.6 is 0 Å². The maximum absolute atomic E-state index is 12.4. The molecule has 1 aromatic rings. The molecule has 112 valence electrons. The van der Waals surface area contributed by atoms with Gasteiger partial charge in [0.2, 0.25) is 0 Å². The van der Waals surface area contributed by atoms with Crippen molar-refractivity contribution in [2.45, 2.75) is 44.8 Å². The number of hydrogen-bond donors (Lipinski definition) is 0. The van der Waals surface area contributed by atoms with Gasteiger partial charge < -0.3 is 4.74 Å². The van der Waals surface area contributed by atoms with E-state index in [4.69, 9.17) is 4.74 Å². The summed E-state index contributed by atoms with van der Waals surface area (Å²) in [5, 5.41) is 0. The van der Waals surface area contributed by atoms with Gasteiger partial charge in [0.05, 0.1) is 6.61 Å². The quantitative estimate of drug-likeness (QED) is 0.628. The van der Waals surface area contributed by atoms with Crippen molar-refractivity contribution >= 4 is 5.97 Å². The highest BCUT2D eigenvalue weighted by Crippen LogP contribution is 2.40. The average Bonchev–Trinajstić information content (AvgIpc) is 2.55. The maximum Gasteiger partial charge on any atom is 0.323 e. The molecule has 4 atom stereocenters. The van der Waals surface area contributed by atoms with Gasteiger partial charge in [-0.15, -0.1) is 0 Å². The summed E-state index contributed by atoms with van der Waals surface area (Å²) in [6.45, 7) is 4.51. The molecule has 0 amide bonds. The van der Waals surface area contributed by atoms with E-state index in [1.165, 1.54) is 5.56 Å². The third-order valence-electron chi connectivity index (χ3n) is 4.74. The first-order valence-corrected chi connectivity index (χ1v) is 7.89. The van der Waals surface area contributed by atoms with Crippen LogP contribution in [0.15, 0.2) is 42.5 Å². The second kappa shape index (κ2) is 6.02. The number of carbonyl (C=O) groups excluding carboxylic acids is 1. The molecular formula is C18H23NO2. The summed E-state index contributed by atoms with van der Waals surface area (Å²) in [6.07, 6.45) is 6.70. The summed E-state index contributed by atoms with van der Waals surface area (Å²) in [5.41, 5.74) is 1.26. The molecule has 3 nitrogen and oxygen atoms in total. The Bertz CT molecular complexity index is 525. The van der Waals surface area contributed by atoms with Crippen molar-refractivity contribution in [1.29, 1.82) is 0 Å². The number of nitrogens with zero attached hydrogens (tertiary/aromatic N) is 1. The lowest BCUT2D eigenvalue weighted by molar-refractivity contribution is -0.156. The number of ether oxygens (including phenoxy) is 1. The highest BCUT2D eigenvalue weighted by atomic mass is 16.5. The van der Waals surface area contributed by atoms with Gasteiger partial charge in [0, 0.05) is 18.0 Å². The Kier molecular flexibility index (Phi) is 4.11. The van der Waals surface area contributed by atoms with E-state index < -0.39 is 0 Å². The molecular weight excluding hydrogens is 262 g/mol. The molecule has 2 bridgehead atoms. The zero-order valence-corrected chi connectivity index (χ0v) is 12.7. The van der Waals surface area contributed by atoms with Crippen LogP contribution in [0.1, 0.15) is 38.3 Å². The average molecular weight is 285 g/mol. The van der Waals surface area contributed by atoms with Crippen molar-refractivity contribution in [3.8, 4) is 0 Å². The Labute approximate surface area is 126 Å². The van der Waals surface area contributed by atoms with E-state index in [0.29, 0.717) is 18.6 Å². The molecule has 0 radical (unpaired) electrons. The van der Waals surface area contributed by atoms with Crippen LogP contribution < -0.4 is 0 Å². The summed E-state index contributed by atoms with van der Waals surface area (Å²) in [4.78, 5) is 14.8. The lowest BCUT2D eigenvalue weighted by atomic mass is 9.78. The third kappa shape index (κ3) is 2.62. The number of fused-ring (bicyclic) bond motifs is 2. The number of benzene rings is 1. The summed E-state index contributed by atoms with van der Waals surface area (Å²) in [5.74, 6) is 0.222. The molecule has 0 saturated carbocycles. The van der Waals surface area contributed by atoms with E-state index in [9.17, 15) is 4.79 Å². The first kappa shape index (κ1) is 14.3. The molecule has 3 aliphatic rings. The summed E-state index contributed by atoms with van der Waals surface area (Å²) >= 11 is 0. The van der Waals surface area contributed by atoms with Gasteiger partial charge in [-0.25, -0.2) is 0 Å². The fraction of sp³-hybridized carbons (Fsp3) is 0.500. The Hall–Kier alpha value is -1.61. The van der Waals surface area contributed by atoms with Crippen molar-refractivity contribution in [3.63, 3.8) is 0 Å². The second-order valence-electron chi connectivity index (χ2n) is 5.92. The van der Waals surface area contributed by atoms with E-state index >= 15 is 0 Å². The van der Waals surface area contributed by atoms with Crippen LogP contribution in [-0.2, 0) is 9.53 Å². The molecule has 1 aromatic carbocycles. The van der Waals surface area contributed by atoms with Crippen LogP contribution in [-0.4, -0.2) is 29.6 Å². The SMILES string of the molecule is CCOC(=O)[C@H]1[C@H]2C=C[C@@H](CC2)N1[C@@H](C)c1ccccc1. The first-order valence-electron chi connectivity index (χ1n) is 7.89. The van der Waals surface area contributed by atoms with Crippen molar-refractivity contribution in [1.82, 2.24) is 4.90 Å². The molecule has 0 aromatic heterocycles. The Morgan fingerprint density at radius 1 is 1.29 bits per heavy atom. The van der Waals surface area contributed by atoms with Crippen LogP contribution in [0.3, 0.4) is 0 Å². The van der Waals surface area contributed by atoms with E-state index in [0.717, 1.165) is 12.8 Å². The monoisotopic (exact) mass is 285 g/mol.